The zero-order chi connectivity index (χ0) is 17.4. The third-order valence-electron chi connectivity index (χ3n) is 3.77. The van der Waals surface area contributed by atoms with Crippen LogP contribution in [0.3, 0.4) is 0 Å². The summed E-state index contributed by atoms with van der Waals surface area (Å²) in [6.07, 6.45) is 0.380. The summed E-state index contributed by atoms with van der Waals surface area (Å²) < 4.78 is 11.3. The van der Waals surface area contributed by atoms with Crippen molar-refractivity contribution in [3.05, 3.63) is 29.3 Å². The molecule has 0 bridgehead atoms. The van der Waals surface area contributed by atoms with Crippen molar-refractivity contribution in [1.82, 2.24) is 10.2 Å². The first-order valence-electron chi connectivity index (χ1n) is 8.52. The van der Waals surface area contributed by atoms with Gasteiger partial charge in [0, 0.05) is 31.2 Å². The maximum absolute atomic E-state index is 11.9. The van der Waals surface area contributed by atoms with Crippen molar-refractivity contribution < 1.29 is 14.3 Å². The highest BCUT2D eigenvalue weighted by molar-refractivity contribution is 6.30. The molecule has 1 unspecified atom stereocenters. The molecule has 1 atom stereocenters. The van der Waals surface area contributed by atoms with E-state index in [9.17, 15) is 4.79 Å². The Balaban J connectivity index is 1.62. The van der Waals surface area contributed by atoms with Crippen molar-refractivity contribution in [2.45, 2.75) is 26.4 Å². The van der Waals surface area contributed by atoms with Crippen molar-refractivity contribution in [2.24, 2.45) is 5.92 Å². The van der Waals surface area contributed by atoms with E-state index in [2.05, 4.69) is 24.1 Å². The molecule has 0 saturated carbocycles. The van der Waals surface area contributed by atoms with Gasteiger partial charge in [0.05, 0.1) is 25.7 Å². The van der Waals surface area contributed by atoms with Crippen LogP contribution in [-0.2, 0) is 9.53 Å². The van der Waals surface area contributed by atoms with E-state index in [0.717, 1.165) is 26.2 Å². The second kappa shape index (κ2) is 9.87. The van der Waals surface area contributed by atoms with Crippen LogP contribution in [0.5, 0.6) is 5.75 Å². The molecule has 1 aromatic carbocycles. The van der Waals surface area contributed by atoms with Crippen LogP contribution in [0.1, 0.15) is 20.3 Å². The first-order valence-corrected chi connectivity index (χ1v) is 8.89. The van der Waals surface area contributed by atoms with Crippen LogP contribution in [0.25, 0.3) is 0 Å². The van der Waals surface area contributed by atoms with Gasteiger partial charge in [-0.2, -0.15) is 0 Å². The molecule has 1 amide bonds. The fourth-order valence-corrected chi connectivity index (χ4v) is 2.90. The van der Waals surface area contributed by atoms with Crippen molar-refractivity contribution >= 4 is 17.5 Å². The van der Waals surface area contributed by atoms with E-state index in [1.165, 1.54) is 0 Å². The number of hydrogen-bond donors (Lipinski definition) is 1. The highest BCUT2D eigenvalue weighted by Crippen LogP contribution is 2.17. The van der Waals surface area contributed by atoms with E-state index in [0.29, 0.717) is 36.3 Å². The lowest BCUT2D eigenvalue weighted by atomic mass is 10.2. The summed E-state index contributed by atoms with van der Waals surface area (Å²) >= 11 is 5.89. The zero-order valence-electron chi connectivity index (χ0n) is 14.5. The number of carbonyl (C=O) groups is 1. The summed E-state index contributed by atoms with van der Waals surface area (Å²) in [5, 5.41) is 3.55. The molecule has 0 aliphatic carbocycles. The number of carbonyl (C=O) groups excluding carboxylic acids is 1. The Kier molecular flexibility index (Phi) is 7.82. The fraction of sp³-hybridized carbons (Fsp3) is 0.611. The first kappa shape index (κ1) is 19.0. The molecular formula is C18H27ClN2O3. The lowest BCUT2D eigenvalue weighted by Crippen LogP contribution is -2.48. The molecule has 1 aliphatic heterocycles. The molecule has 1 N–H and O–H groups in total. The van der Waals surface area contributed by atoms with Gasteiger partial charge in [-0.1, -0.05) is 31.5 Å². The fourth-order valence-electron chi connectivity index (χ4n) is 2.72. The monoisotopic (exact) mass is 354 g/mol. The summed E-state index contributed by atoms with van der Waals surface area (Å²) in [6.45, 7) is 8.94. The van der Waals surface area contributed by atoms with E-state index in [4.69, 9.17) is 21.1 Å². The van der Waals surface area contributed by atoms with Crippen LogP contribution in [0.15, 0.2) is 24.3 Å². The summed E-state index contributed by atoms with van der Waals surface area (Å²) in [6, 6.07) is 7.16. The molecule has 24 heavy (non-hydrogen) atoms. The number of nitrogens with zero attached hydrogens (tertiary/aromatic N) is 1. The Morgan fingerprint density at radius 3 is 3.08 bits per heavy atom. The van der Waals surface area contributed by atoms with Crippen LogP contribution in [0.2, 0.25) is 5.02 Å². The van der Waals surface area contributed by atoms with E-state index in [1.807, 2.05) is 12.1 Å². The van der Waals surface area contributed by atoms with Gasteiger partial charge in [-0.05, 0) is 24.1 Å². The van der Waals surface area contributed by atoms with Crippen molar-refractivity contribution in [3.63, 3.8) is 0 Å². The minimum absolute atomic E-state index is 0.0263. The van der Waals surface area contributed by atoms with Gasteiger partial charge in [0.1, 0.15) is 5.75 Å². The highest BCUT2D eigenvalue weighted by atomic mass is 35.5. The molecule has 0 spiro atoms. The van der Waals surface area contributed by atoms with E-state index >= 15 is 0 Å². The van der Waals surface area contributed by atoms with Gasteiger partial charge >= 0.3 is 0 Å². The SMILES string of the molecule is CC(C)CN1CCOC(CNC(=O)CCOc2cccc(Cl)c2)C1. The minimum atomic E-state index is -0.0263. The molecule has 6 heteroatoms. The number of halogens is 1. The number of benzene rings is 1. The smallest absolute Gasteiger partial charge is 0.223 e. The average Bonchev–Trinajstić information content (AvgIpc) is 2.53. The molecular weight excluding hydrogens is 328 g/mol. The van der Waals surface area contributed by atoms with Crippen molar-refractivity contribution in [1.29, 1.82) is 0 Å². The van der Waals surface area contributed by atoms with Crippen LogP contribution in [-0.4, -0.2) is 56.3 Å². The van der Waals surface area contributed by atoms with E-state index in [-0.39, 0.29) is 12.0 Å². The van der Waals surface area contributed by atoms with E-state index in [1.54, 1.807) is 12.1 Å². The van der Waals surface area contributed by atoms with Gasteiger partial charge in [0.2, 0.25) is 5.91 Å². The number of amides is 1. The standard InChI is InChI=1S/C18H27ClN2O3/c1-14(2)12-21-7-9-24-17(13-21)11-20-18(22)6-8-23-16-5-3-4-15(19)10-16/h3-5,10,14,17H,6-9,11-13H2,1-2H3,(H,20,22). The second-order valence-corrected chi connectivity index (χ2v) is 6.94. The molecule has 0 aromatic heterocycles. The van der Waals surface area contributed by atoms with Gasteiger partial charge in [-0.15, -0.1) is 0 Å². The van der Waals surface area contributed by atoms with Crippen molar-refractivity contribution in [2.75, 3.05) is 39.4 Å². The summed E-state index contributed by atoms with van der Waals surface area (Å²) in [7, 11) is 0. The van der Waals surface area contributed by atoms with Gasteiger partial charge < -0.3 is 14.8 Å². The molecule has 1 fully saturated rings. The Morgan fingerprint density at radius 1 is 1.50 bits per heavy atom. The minimum Gasteiger partial charge on any atom is -0.493 e. The van der Waals surface area contributed by atoms with Crippen molar-refractivity contribution in [3.8, 4) is 5.75 Å². The molecule has 5 nitrogen and oxygen atoms in total. The van der Waals surface area contributed by atoms with Crippen LogP contribution in [0.4, 0.5) is 0 Å². The number of hydrogen-bond acceptors (Lipinski definition) is 4. The number of nitrogens with one attached hydrogen (secondary N) is 1. The number of rotatable bonds is 8. The Labute approximate surface area is 149 Å². The highest BCUT2D eigenvalue weighted by Gasteiger charge is 2.21. The maximum Gasteiger partial charge on any atom is 0.223 e. The quantitative estimate of drug-likeness (QED) is 0.779. The Morgan fingerprint density at radius 2 is 2.33 bits per heavy atom. The van der Waals surface area contributed by atoms with E-state index < -0.39 is 0 Å². The molecule has 0 radical (unpaired) electrons. The lowest BCUT2D eigenvalue weighted by molar-refractivity contribution is -0.122. The maximum atomic E-state index is 11.9. The van der Waals surface area contributed by atoms with Gasteiger partial charge in [-0.25, -0.2) is 0 Å². The van der Waals surface area contributed by atoms with Gasteiger partial charge in [0.15, 0.2) is 0 Å². The van der Waals surface area contributed by atoms with Crippen LogP contribution in [0, 0.1) is 5.92 Å². The number of ether oxygens (including phenoxy) is 2. The summed E-state index contributed by atoms with van der Waals surface area (Å²) in [5.74, 6) is 1.29. The van der Waals surface area contributed by atoms with Gasteiger partial charge in [-0.3, -0.25) is 9.69 Å². The lowest BCUT2D eigenvalue weighted by Gasteiger charge is -2.33. The summed E-state index contributed by atoms with van der Waals surface area (Å²) in [5.41, 5.74) is 0. The predicted octanol–water partition coefficient (Wildman–Crippen LogP) is 2.58. The van der Waals surface area contributed by atoms with Gasteiger partial charge in [0.25, 0.3) is 0 Å². The zero-order valence-corrected chi connectivity index (χ0v) is 15.2. The molecule has 134 valence electrons. The topological polar surface area (TPSA) is 50.8 Å². The molecule has 1 aromatic rings. The molecule has 1 aliphatic rings. The predicted molar refractivity (Wildman–Crippen MR) is 95.6 cm³/mol. The second-order valence-electron chi connectivity index (χ2n) is 6.51. The van der Waals surface area contributed by atoms with Crippen LogP contribution < -0.4 is 10.1 Å². The normalized spacial score (nSPS) is 18.6. The molecule has 1 saturated heterocycles. The largest absolute Gasteiger partial charge is 0.493 e. The average molecular weight is 355 g/mol. The molecule has 2 rings (SSSR count). The third-order valence-corrected chi connectivity index (χ3v) is 4.00. The van der Waals surface area contributed by atoms with Crippen LogP contribution >= 0.6 is 11.6 Å². The number of morpholine rings is 1. The summed E-state index contributed by atoms with van der Waals surface area (Å²) in [4.78, 5) is 14.3. The molecule has 1 heterocycles. The Hall–Kier alpha value is -1.30. The first-order chi connectivity index (χ1) is 11.5. The third kappa shape index (κ3) is 7.07. The Bertz CT molecular complexity index is 525.